The van der Waals surface area contributed by atoms with E-state index in [9.17, 15) is 14.7 Å². The van der Waals surface area contributed by atoms with Crippen LogP contribution in [0.3, 0.4) is 0 Å². The molecule has 1 aliphatic rings. The Labute approximate surface area is 177 Å². The van der Waals surface area contributed by atoms with Crippen LogP contribution in [0.25, 0.3) is 0 Å². The van der Waals surface area contributed by atoms with Crippen LogP contribution >= 0.6 is 0 Å². The maximum absolute atomic E-state index is 12.7. The standard InChI is InChI=1S/C23H29N3O4/c1-3-17(15-22(27)28)18-6-9-21(26-10-12-30-13-11-26)20(14-18)25-23(29)24-19-7-4-16(2)5-8-19/h4-9,14,17H,3,10-13,15H2,1-2H3,(H,27,28)(H2,24,25,29). The van der Waals surface area contributed by atoms with Gasteiger partial charge in [-0.05, 0) is 49.1 Å². The Hall–Kier alpha value is -3.06. The van der Waals surface area contributed by atoms with E-state index in [1.807, 2.05) is 56.3 Å². The van der Waals surface area contributed by atoms with Crippen LogP contribution in [0, 0.1) is 6.92 Å². The van der Waals surface area contributed by atoms with Gasteiger partial charge < -0.3 is 25.4 Å². The number of nitrogens with one attached hydrogen (secondary N) is 2. The average Bonchev–Trinajstić information content (AvgIpc) is 2.74. The van der Waals surface area contributed by atoms with Crippen molar-refractivity contribution in [3.63, 3.8) is 0 Å². The first-order valence-corrected chi connectivity index (χ1v) is 10.3. The van der Waals surface area contributed by atoms with Crippen molar-refractivity contribution in [2.24, 2.45) is 0 Å². The maximum Gasteiger partial charge on any atom is 0.323 e. The molecule has 7 nitrogen and oxygen atoms in total. The summed E-state index contributed by atoms with van der Waals surface area (Å²) in [7, 11) is 0. The van der Waals surface area contributed by atoms with Crippen LogP contribution < -0.4 is 15.5 Å². The summed E-state index contributed by atoms with van der Waals surface area (Å²) < 4.78 is 5.45. The van der Waals surface area contributed by atoms with Crippen LogP contribution in [0.1, 0.15) is 36.8 Å². The van der Waals surface area contributed by atoms with E-state index in [1.165, 1.54) is 0 Å². The number of morpholine rings is 1. The molecule has 1 unspecified atom stereocenters. The Kier molecular flexibility index (Phi) is 7.30. The van der Waals surface area contributed by atoms with Crippen LogP contribution in [-0.4, -0.2) is 43.4 Å². The minimum Gasteiger partial charge on any atom is -0.481 e. The summed E-state index contributed by atoms with van der Waals surface area (Å²) in [6, 6.07) is 13.1. The molecule has 2 aromatic carbocycles. The third-order valence-corrected chi connectivity index (χ3v) is 5.32. The number of anilines is 3. The molecule has 2 amide bonds. The first kappa shape index (κ1) is 21.6. The summed E-state index contributed by atoms with van der Waals surface area (Å²) in [6.07, 6.45) is 0.764. The van der Waals surface area contributed by atoms with Crippen molar-refractivity contribution in [3.05, 3.63) is 53.6 Å². The number of rotatable bonds is 7. The number of hydrogen-bond donors (Lipinski definition) is 3. The van der Waals surface area contributed by atoms with Gasteiger partial charge in [0.25, 0.3) is 0 Å². The summed E-state index contributed by atoms with van der Waals surface area (Å²) >= 11 is 0. The maximum atomic E-state index is 12.7. The number of carbonyl (C=O) groups is 2. The lowest BCUT2D eigenvalue weighted by Gasteiger charge is -2.31. The molecule has 0 saturated carbocycles. The van der Waals surface area contributed by atoms with Crippen molar-refractivity contribution in [1.82, 2.24) is 0 Å². The van der Waals surface area contributed by atoms with E-state index in [0.29, 0.717) is 31.0 Å². The quantitative estimate of drug-likeness (QED) is 0.626. The van der Waals surface area contributed by atoms with Gasteiger partial charge in [-0.15, -0.1) is 0 Å². The molecular weight excluding hydrogens is 382 g/mol. The second-order valence-electron chi connectivity index (χ2n) is 7.52. The molecule has 3 rings (SSSR count). The summed E-state index contributed by atoms with van der Waals surface area (Å²) in [5.41, 5.74) is 4.31. The average molecular weight is 412 g/mol. The normalized spacial score (nSPS) is 14.8. The van der Waals surface area contributed by atoms with Crippen molar-refractivity contribution in [3.8, 4) is 0 Å². The first-order valence-electron chi connectivity index (χ1n) is 10.3. The Morgan fingerprint density at radius 3 is 2.43 bits per heavy atom. The molecule has 0 spiro atoms. The van der Waals surface area contributed by atoms with Crippen molar-refractivity contribution in [2.75, 3.05) is 41.8 Å². The molecule has 1 fully saturated rings. The lowest BCUT2D eigenvalue weighted by atomic mass is 9.92. The smallest absolute Gasteiger partial charge is 0.323 e. The summed E-state index contributed by atoms with van der Waals surface area (Å²) in [5.74, 6) is -0.937. The van der Waals surface area contributed by atoms with Crippen molar-refractivity contribution < 1.29 is 19.4 Å². The van der Waals surface area contributed by atoms with E-state index < -0.39 is 5.97 Å². The largest absolute Gasteiger partial charge is 0.481 e. The van der Waals surface area contributed by atoms with E-state index in [-0.39, 0.29) is 18.4 Å². The zero-order valence-electron chi connectivity index (χ0n) is 17.5. The number of amides is 2. The number of carboxylic acid groups (broad SMARTS) is 1. The molecule has 0 aromatic heterocycles. The van der Waals surface area contributed by atoms with E-state index in [4.69, 9.17) is 4.74 Å². The van der Waals surface area contributed by atoms with E-state index in [2.05, 4.69) is 15.5 Å². The first-order chi connectivity index (χ1) is 14.5. The molecule has 0 bridgehead atoms. The predicted octanol–water partition coefficient (Wildman–Crippen LogP) is 4.44. The summed E-state index contributed by atoms with van der Waals surface area (Å²) in [6.45, 7) is 6.70. The molecule has 3 N–H and O–H groups in total. The van der Waals surface area contributed by atoms with E-state index >= 15 is 0 Å². The topological polar surface area (TPSA) is 90.9 Å². The van der Waals surface area contributed by atoms with Gasteiger partial charge in [0.15, 0.2) is 0 Å². The molecule has 1 aliphatic heterocycles. The van der Waals surface area contributed by atoms with Gasteiger partial charge >= 0.3 is 12.0 Å². The van der Waals surface area contributed by atoms with E-state index in [1.54, 1.807) is 0 Å². The number of urea groups is 1. The molecule has 1 heterocycles. The second kappa shape index (κ2) is 10.1. The number of carboxylic acids is 1. The van der Waals surface area contributed by atoms with Crippen molar-refractivity contribution in [2.45, 2.75) is 32.6 Å². The fraction of sp³-hybridized carbons (Fsp3) is 0.391. The van der Waals surface area contributed by atoms with Gasteiger partial charge in [0.1, 0.15) is 0 Å². The number of carbonyl (C=O) groups excluding carboxylic acids is 1. The lowest BCUT2D eigenvalue weighted by molar-refractivity contribution is -0.137. The Balaban J connectivity index is 1.85. The van der Waals surface area contributed by atoms with Gasteiger partial charge in [0.2, 0.25) is 0 Å². The fourth-order valence-corrected chi connectivity index (χ4v) is 3.62. The fourth-order valence-electron chi connectivity index (χ4n) is 3.62. The summed E-state index contributed by atoms with van der Waals surface area (Å²) in [4.78, 5) is 26.1. The monoisotopic (exact) mass is 411 g/mol. The van der Waals surface area contributed by atoms with Crippen LogP contribution in [0.4, 0.5) is 21.9 Å². The molecule has 0 aliphatic carbocycles. The van der Waals surface area contributed by atoms with Gasteiger partial charge in [0, 0.05) is 18.8 Å². The Morgan fingerprint density at radius 1 is 1.10 bits per heavy atom. The predicted molar refractivity (Wildman–Crippen MR) is 119 cm³/mol. The highest BCUT2D eigenvalue weighted by atomic mass is 16.5. The van der Waals surface area contributed by atoms with Crippen LogP contribution in [-0.2, 0) is 9.53 Å². The molecule has 7 heteroatoms. The van der Waals surface area contributed by atoms with Crippen LogP contribution in [0.5, 0.6) is 0 Å². The van der Waals surface area contributed by atoms with Gasteiger partial charge in [-0.1, -0.05) is 30.7 Å². The number of aryl methyl sites for hydroxylation is 1. The molecule has 160 valence electrons. The molecule has 2 aromatic rings. The second-order valence-corrected chi connectivity index (χ2v) is 7.52. The molecule has 1 saturated heterocycles. The minimum absolute atomic E-state index is 0.0579. The third-order valence-electron chi connectivity index (χ3n) is 5.32. The Bertz CT molecular complexity index is 877. The lowest BCUT2D eigenvalue weighted by Crippen LogP contribution is -2.37. The van der Waals surface area contributed by atoms with Crippen LogP contribution in [0.15, 0.2) is 42.5 Å². The highest BCUT2D eigenvalue weighted by molar-refractivity contribution is 6.02. The summed E-state index contributed by atoms with van der Waals surface area (Å²) in [5, 5.41) is 15.1. The third kappa shape index (κ3) is 5.73. The minimum atomic E-state index is -0.828. The SMILES string of the molecule is CCC(CC(=O)O)c1ccc(N2CCOCC2)c(NC(=O)Nc2ccc(C)cc2)c1. The Morgan fingerprint density at radius 2 is 1.80 bits per heavy atom. The highest BCUT2D eigenvalue weighted by Crippen LogP contribution is 2.33. The number of hydrogen-bond acceptors (Lipinski definition) is 4. The van der Waals surface area contributed by atoms with Gasteiger partial charge in [-0.3, -0.25) is 4.79 Å². The number of benzene rings is 2. The molecule has 30 heavy (non-hydrogen) atoms. The molecular formula is C23H29N3O4. The van der Waals surface area contributed by atoms with Crippen molar-refractivity contribution in [1.29, 1.82) is 0 Å². The van der Waals surface area contributed by atoms with Crippen LogP contribution in [0.2, 0.25) is 0 Å². The zero-order chi connectivity index (χ0) is 21.5. The van der Waals surface area contributed by atoms with E-state index in [0.717, 1.165) is 29.9 Å². The highest BCUT2D eigenvalue weighted by Gasteiger charge is 2.20. The molecule has 1 atom stereocenters. The van der Waals surface area contributed by atoms with Crippen molar-refractivity contribution >= 4 is 29.1 Å². The zero-order valence-corrected chi connectivity index (χ0v) is 17.5. The van der Waals surface area contributed by atoms with Gasteiger partial charge in [-0.2, -0.15) is 0 Å². The van der Waals surface area contributed by atoms with Gasteiger partial charge in [-0.25, -0.2) is 4.79 Å². The number of aliphatic carboxylic acids is 1. The molecule has 0 radical (unpaired) electrons. The number of nitrogens with zero attached hydrogens (tertiary/aromatic N) is 1. The number of ether oxygens (including phenoxy) is 1. The van der Waals surface area contributed by atoms with Gasteiger partial charge in [0.05, 0.1) is 31.0 Å².